The molecule has 1 aromatic carbocycles. The van der Waals surface area contributed by atoms with Crippen LogP contribution in [0.5, 0.6) is 0 Å². The van der Waals surface area contributed by atoms with E-state index in [2.05, 4.69) is 30.0 Å². The molecule has 0 radical (unpaired) electrons. The van der Waals surface area contributed by atoms with E-state index in [4.69, 9.17) is 5.73 Å². The Balaban J connectivity index is 2.15. The molecular weight excluding hydrogens is 256 g/mol. The molecule has 19 heavy (non-hydrogen) atoms. The number of nitrogens with two attached hydrogens (primary N) is 1. The molecule has 0 aliphatic carbocycles. The van der Waals surface area contributed by atoms with E-state index >= 15 is 0 Å². The van der Waals surface area contributed by atoms with Crippen LogP contribution in [-0.2, 0) is 12.8 Å². The highest BCUT2D eigenvalue weighted by molar-refractivity contribution is 7.20. The number of rotatable bonds is 3. The maximum atomic E-state index is 5.81. The molecule has 0 atom stereocenters. The number of thiazole rings is 1. The van der Waals surface area contributed by atoms with Crippen LogP contribution in [0.15, 0.2) is 24.3 Å². The molecule has 5 heteroatoms. The summed E-state index contributed by atoms with van der Waals surface area (Å²) in [6, 6.07) is 7.96. The first-order valence-corrected chi connectivity index (χ1v) is 7.27. The number of hydrogen-bond acceptors (Lipinski definition) is 4. The number of nitrogen functional groups attached to an aromatic ring is 1. The molecule has 3 rings (SSSR count). The summed E-state index contributed by atoms with van der Waals surface area (Å²) in [5.74, 6) is 0. The number of nitrogens with zero attached hydrogens (tertiary/aromatic N) is 3. The van der Waals surface area contributed by atoms with Crippen molar-refractivity contribution in [1.82, 2.24) is 14.8 Å². The van der Waals surface area contributed by atoms with Gasteiger partial charge in [0.2, 0.25) is 5.13 Å². The van der Waals surface area contributed by atoms with E-state index in [1.807, 2.05) is 22.9 Å². The van der Waals surface area contributed by atoms with E-state index < -0.39 is 0 Å². The number of aromatic nitrogens is 3. The van der Waals surface area contributed by atoms with Crippen LogP contribution in [0, 0.1) is 0 Å². The Morgan fingerprint density at radius 3 is 2.79 bits per heavy atom. The van der Waals surface area contributed by atoms with Crippen LogP contribution in [0.3, 0.4) is 0 Å². The molecule has 0 bridgehead atoms. The highest BCUT2D eigenvalue weighted by Crippen LogP contribution is 2.27. The number of anilines is 1. The van der Waals surface area contributed by atoms with Gasteiger partial charge < -0.3 is 5.73 Å². The average Bonchev–Trinajstić information content (AvgIpc) is 3.00. The Morgan fingerprint density at radius 2 is 2.05 bits per heavy atom. The van der Waals surface area contributed by atoms with Crippen LogP contribution in [-0.4, -0.2) is 14.8 Å². The highest BCUT2D eigenvalue weighted by atomic mass is 32.1. The molecule has 3 aromatic rings. The van der Waals surface area contributed by atoms with Gasteiger partial charge in [0.05, 0.1) is 15.9 Å². The van der Waals surface area contributed by atoms with Gasteiger partial charge in [-0.05, 0) is 37.1 Å². The van der Waals surface area contributed by atoms with Crippen LogP contribution < -0.4 is 5.73 Å². The van der Waals surface area contributed by atoms with Gasteiger partial charge >= 0.3 is 0 Å². The van der Waals surface area contributed by atoms with Crippen LogP contribution in [0.25, 0.3) is 15.3 Å². The fourth-order valence-corrected chi connectivity index (χ4v) is 3.08. The third-order valence-corrected chi connectivity index (χ3v) is 4.13. The van der Waals surface area contributed by atoms with Gasteiger partial charge in [-0.3, -0.25) is 0 Å². The molecule has 4 nitrogen and oxygen atoms in total. The summed E-state index contributed by atoms with van der Waals surface area (Å²) in [6.07, 6.45) is 1.89. The van der Waals surface area contributed by atoms with Gasteiger partial charge in [-0.2, -0.15) is 5.10 Å². The Labute approximate surface area is 115 Å². The van der Waals surface area contributed by atoms with Crippen LogP contribution in [0.4, 0.5) is 5.69 Å². The Kier molecular flexibility index (Phi) is 2.98. The summed E-state index contributed by atoms with van der Waals surface area (Å²) in [5, 5.41) is 5.53. The lowest BCUT2D eigenvalue weighted by atomic mass is 10.3. The second-order valence-electron chi connectivity index (χ2n) is 4.47. The molecule has 0 amide bonds. The van der Waals surface area contributed by atoms with E-state index in [0.29, 0.717) is 0 Å². The van der Waals surface area contributed by atoms with Crippen molar-refractivity contribution < 1.29 is 0 Å². The van der Waals surface area contributed by atoms with Gasteiger partial charge in [-0.1, -0.05) is 25.2 Å². The summed E-state index contributed by atoms with van der Waals surface area (Å²) in [7, 11) is 0. The molecule has 0 saturated heterocycles. The van der Waals surface area contributed by atoms with Crippen molar-refractivity contribution in [3.63, 3.8) is 0 Å². The second-order valence-corrected chi connectivity index (χ2v) is 5.48. The van der Waals surface area contributed by atoms with E-state index in [0.717, 1.165) is 39.6 Å². The minimum atomic E-state index is 0.771. The van der Waals surface area contributed by atoms with Crippen molar-refractivity contribution >= 4 is 27.2 Å². The standard InChI is InChI=1S/C14H16N4S/c1-3-10-8-11(4-2)18(17-10)14-16-12-6-5-9(15)7-13(12)19-14/h5-8H,3-4,15H2,1-2H3. The predicted molar refractivity (Wildman–Crippen MR) is 79.9 cm³/mol. The molecule has 2 aromatic heterocycles. The number of fused-ring (bicyclic) bond motifs is 1. The molecule has 98 valence electrons. The first kappa shape index (κ1) is 12.2. The number of benzene rings is 1. The van der Waals surface area contributed by atoms with Crippen molar-refractivity contribution in [3.05, 3.63) is 35.7 Å². The number of aryl methyl sites for hydroxylation is 2. The first-order chi connectivity index (χ1) is 9.21. The smallest absolute Gasteiger partial charge is 0.211 e. The SMILES string of the molecule is CCc1cc(CC)n(-c2nc3ccc(N)cc3s2)n1. The third-order valence-electron chi connectivity index (χ3n) is 3.14. The van der Waals surface area contributed by atoms with Gasteiger partial charge in [0.25, 0.3) is 0 Å². The monoisotopic (exact) mass is 272 g/mol. The molecule has 2 N–H and O–H groups in total. The van der Waals surface area contributed by atoms with Gasteiger partial charge in [-0.25, -0.2) is 9.67 Å². The lowest BCUT2D eigenvalue weighted by Crippen LogP contribution is -2.00. The largest absolute Gasteiger partial charge is 0.399 e. The first-order valence-electron chi connectivity index (χ1n) is 6.45. The summed E-state index contributed by atoms with van der Waals surface area (Å²) in [5.41, 5.74) is 9.86. The maximum Gasteiger partial charge on any atom is 0.211 e. The van der Waals surface area contributed by atoms with E-state index in [1.165, 1.54) is 5.69 Å². The summed E-state index contributed by atoms with van der Waals surface area (Å²) >= 11 is 1.63. The summed E-state index contributed by atoms with van der Waals surface area (Å²) in [6.45, 7) is 4.25. The average molecular weight is 272 g/mol. The normalized spacial score (nSPS) is 11.3. The molecule has 0 saturated carbocycles. The van der Waals surface area contributed by atoms with Crippen LogP contribution >= 0.6 is 11.3 Å². The molecule has 0 spiro atoms. The van der Waals surface area contributed by atoms with Crippen LogP contribution in [0.1, 0.15) is 25.2 Å². The molecule has 0 unspecified atom stereocenters. The zero-order chi connectivity index (χ0) is 13.4. The van der Waals surface area contributed by atoms with E-state index in [-0.39, 0.29) is 0 Å². The zero-order valence-electron chi connectivity index (χ0n) is 11.1. The minimum Gasteiger partial charge on any atom is -0.399 e. The topological polar surface area (TPSA) is 56.7 Å². The lowest BCUT2D eigenvalue weighted by Gasteiger charge is -1.99. The summed E-state index contributed by atoms with van der Waals surface area (Å²) in [4.78, 5) is 4.64. The van der Waals surface area contributed by atoms with Crippen molar-refractivity contribution in [2.45, 2.75) is 26.7 Å². The predicted octanol–water partition coefficient (Wildman–Crippen LogP) is 3.19. The Bertz CT molecular complexity index is 726. The van der Waals surface area contributed by atoms with Gasteiger partial charge in [0, 0.05) is 11.4 Å². The van der Waals surface area contributed by atoms with Crippen molar-refractivity contribution in [2.24, 2.45) is 0 Å². The van der Waals surface area contributed by atoms with Gasteiger partial charge in [0.1, 0.15) is 0 Å². The van der Waals surface area contributed by atoms with Crippen LogP contribution in [0.2, 0.25) is 0 Å². The molecule has 0 aliphatic heterocycles. The third kappa shape index (κ3) is 2.10. The molecule has 2 heterocycles. The van der Waals surface area contributed by atoms with Crippen molar-refractivity contribution in [3.8, 4) is 5.13 Å². The molecular formula is C14H16N4S. The minimum absolute atomic E-state index is 0.771. The summed E-state index contributed by atoms with van der Waals surface area (Å²) < 4.78 is 3.06. The fraction of sp³-hybridized carbons (Fsp3) is 0.286. The fourth-order valence-electron chi connectivity index (χ4n) is 2.08. The highest BCUT2D eigenvalue weighted by Gasteiger charge is 2.12. The molecule has 0 fully saturated rings. The second kappa shape index (κ2) is 4.66. The van der Waals surface area contributed by atoms with E-state index in [9.17, 15) is 0 Å². The van der Waals surface area contributed by atoms with E-state index in [1.54, 1.807) is 11.3 Å². The Morgan fingerprint density at radius 1 is 1.21 bits per heavy atom. The van der Waals surface area contributed by atoms with Gasteiger partial charge in [-0.15, -0.1) is 0 Å². The van der Waals surface area contributed by atoms with Gasteiger partial charge in [0.15, 0.2) is 0 Å². The number of hydrogen-bond donors (Lipinski definition) is 1. The zero-order valence-corrected chi connectivity index (χ0v) is 11.9. The van der Waals surface area contributed by atoms with Crippen molar-refractivity contribution in [2.75, 3.05) is 5.73 Å². The van der Waals surface area contributed by atoms with Crippen molar-refractivity contribution in [1.29, 1.82) is 0 Å². The molecule has 0 aliphatic rings. The lowest BCUT2D eigenvalue weighted by molar-refractivity contribution is 0.790. The maximum absolute atomic E-state index is 5.81. The Hall–Kier alpha value is -1.88. The quantitative estimate of drug-likeness (QED) is 0.745.